The molecule has 0 bridgehead atoms. The van der Waals surface area contributed by atoms with Crippen molar-refractivity contribution in [2.24, 2.45) is 0 Å². The number of benzene rings is 2. The van der Waals surface area contributed by atoms with Crippen LogP contribution in [0.25, 0.3) is 0 Å². The van der Waals surface area contributed by atoms with Crippen LogP contribution in [0.3, 0.4) is 0 Å². The summed E-state index contributed by atoms with van der Waals surface area (Å²) in [4.78, 5) is 36.1. The third-order valence-electron chi connectivity index (χ3n) is 4.99. The van der Waals surface area contributed by atoms with Crippen LogP contribution in [0.5, 0.6) is 5.75 Å². The number of rotatable bonds is 9. The third kappa shape index (κ3) is 5.36. The average Bonchev–Trinajstić information content (AvgIpc) is 2.82. The van der Waals surface area contributed by atoms with Gasteiger partial charge in [0, 0.05) is 11.5 Å². The van der Waals surface area contributed by atoms with Gasteiger partial charge in [0.15, 0.2) is 11.6 Å². The summed E-state index contributed by atoms with van der Waals surface area (Å²) in [5.41, 5.74) is 1.29. The minimum Gasteiger partial charge on any atom is -0.481 e. The number of nitro benzene ring substituents is 1. The van der Waals surface area contributed by atoms with E-state index in [0.717, 1.165) is 5.56 Å². The van der Waals surface area contributed by atoms with Gasteiger partial charge in [-0.15, -0.1) is 0 Å². The molecule has 166 valence electrons. The van der Waals surface area contributed by atoms with E-state index in [0.29, 0.717) is 12.0 Å². The molecule has 1 unspecified atom stereocenters. The van der Waals surface area contributed by atoms with Gasteiger partial charge in [0.2, 0.25) is 5.75 Å². The maximum absolute atomic E-state index is 12.5. The molecule has 0 aliphatic heterocycles. The summed E-state index contributed by atoms with van der Waals surface area (Å²) in [7, 11) is 0. The van der Waals surface area contributed by atoms with Crippen LogP contribution in [0.4, 0.5) is 5.69 Å². The Balaban J connectivity index is 2.09. The van der Waals surface area contributed by atoms with Crippen LogP contribution in [-0.4, -0.2) is 27.1 Å². The van der Waals surface area contributed by atoms with Gasteiger partial charge in [0.25, 0.3) is 0 Å². The van der Waals surface area contributed by atoms with Crippen LogP contribution in [0.15, 0.2) is 60.2 Å². The summed E-state index contributed by atoms with van der Waals surface area (Å²) in [5.74, 6) is -1.01. The Kier molecular flexibility index (Phi) is 8.39. The topological polar surface area (TPSA) is 86.5 Å². The fraction of sp³-hybridized carbons (Fsp3) is 0.217. The third-order valence-corrected chi connectivity index (χ3v) is 6.32. The van der Waals surface area contributed by atoms with Gasteiger partial charge in [0.1, 0.15) is 6.61 Å². The predicted molar refractivity (Wildman–Crippen MR) is 130 cm³/mol. The quantitative estimate of drug-likeness (QED) is 0.149. The maximum Gasteiger partial charge on any atom is 0.316 e. The van der Waals surface area contributed by atoms with Crippen LogP contribution < -0.4 is 4.74 Å². The molecule has 0 heterocycles. The van der Waals surface area contributed by atoms with E-state index < -0.39 is 10.8 Å². The van der Waals surface area contributed by atoms with Crippen molar-refractivity contribution in [1.29, 1.82) is 0 Å². The van der Waals surface area contributed by atoms with E-state index >= 15 is 0 Å². The molecule has 2 aromatic rings. The van der Waals surface area contributed by atoms with Crippen molar-refractivity contribution in [3.05, 3.63) is 92.0 Å². The van der Waals surface area contributed by atoms with Crippen LogP contribution in [0, 0.1) is 10.1 Å². The second-order valence-corrected chi connectivity index (χ2v) is 8.53. The molecule has 32 heavy (non-hydrogen) atoms. The van der Waals surface area contributed by atoms with E-state index in [9.17, 15) is 19.7 Å². The first kappa shape index (κ1) is 24.4. The van der Waals surface area contributed by atoms with Gasteiger partial charge in [-0.05, 0) is 18.1 Å². The van der Waals surface area contributed by atoms with Crippen molar-refractivity contribution < 1.29 is 19.2 Å². The van der Waals surface area contributed by atoms with Crippen molar-refractivity contribution >= 4 is 60.7 Å². The van der Waals surface area contributed by atoms with Gasteiger partial charge in [-0.1, -0.05) is 92.0 Å². The SMILES string of the molecule is O=C(CBr)C1=CCC(c2c(Cl)cc(C(=O)CBr)c(OCc3ccccc3)c2[N+](=O)[O-])C=C1. The molecule has 1 aliphatic rings. The molecule has 2 aromatic carbocycles. The lowest BCUT2D eigenvalue weighted by atomic mass is 9.87. The molecule has 0 N–H and O–H groups in total. The van der Waals surface area contributed by atoms with Crippen molar-refractivity contribution in [2.75, 3.05) is 10.7 Å². The lowest BCUT2D eigenvalue weighted by Crippen LogP contribution is -2.13. The number of allylic oxidation sites excluding steroid dienone is 4. The number of alkyl halides is 2. The Hall–Kier alpha value is -2.29. The molecule has 3 rings (SSSR count). The number of nitrogens with zero attached hydrogens (tertiary/aromatic N) is 1. The van der Waals surface area contributed by atoms with E-state index in [2.05, 4.69) is 31.9 Å². The number of hydrogen-bond donors (Lipinski definition) is 0. The fourth-order valence-electron chi connectivity index (χ4n) is 3.44. The molecule has 1 atom stereocenters. The average molecular weight is 584 g/mol. The van der Waals surface area contributed by atoms with Gasteiger partial charge >= 0.3 is 5.69 Å². The summed E-state index contributed by atoms with van der Waals surface area (Å²) >= 11 is 12.7. The molecule has 0 saturated heterocycles. The normalized spacial score (nSPS) is 15.2. The van der Waals surface area contributed by atoms with E-state index in [4.69, 9.17) is 16.3 Å². The molecular formula is C23H18Br2ClNO5. The highest BCUT2D eigenvalue weighted by molar-refractivity contribution is 9.09. The standard InChI is InChI=1S/C23H18Br2ClNO5/c24-11-19(28)15-6-8-16(9-7-15)21-18(26)10-17(20(29)12-25)23(22(21)27(30)31)32-13-14-4-2-1-3-5-14/h1-8,10,16H,9,11-13H2. The van der Waals surface area contributed by atoms with Gasteiger partial charge in [-0.25, -0.2) is 0 Å². The van der Waals surface area contributed by atoms with Crippen molar-refractivity contribution in [3.8, 4) is 5.75 Å². The minimum absolute atomic E-state index is 0.0361. The van der Waals surface area contributed by atoms with Crippen LogP contribution in [-0.2, 0) is 11.4 Å². The number of Topliss-reactive ketones (excluding diaryl/α,β-unsaturated/α-hetero) is 2. The molecule has 9 heteroatoms. The summed E-state index contributed by atoms with van der Waals surface area (Å²) in [6, 6.07) is 10.6. The van der Waals surface area contributed by atoms with Crippen LogP contribution in [0.1, 0.15) is 33.8 Å². The summed E-state index contributed by atoms with van der Waals surface area (Å²) in [6.07, 6.45) is 5.45. The van der Waals surface area contributed by atoms with Gasteiger partial charge in [-0.2, -0.15) is 0 Å². The Bertz CT molecular complexity index is 1120. The monoisotopic (exact) mass is 581 g/mol. The second kappa shape index (κ2) is 11.0. The smallest absolute Gasteiger partial charge is 0.316 e. The predicted octanol–water partition coefficient (Wildman–Crippen LogP) is 6.34. The number of ether oxygens (including phenoxy) is 1. The fourth-order valence-corrected chi connectivity index (χ4v) is 4.40. The number of carbonyl (C=O) groups is 2. The molecule has 0 aromatic heterocycles. The van der Waals surface area contributed by atoms with Crippen molar-refractivity contribution in [2.45, 2.75) is 18.9 Å². The first-order valence-corrected chi connectivity index (χ1v) is 12.2. The molecule has 0 radical (unpaired) electrons. The molecule has 0 saturated carbocycles. The maximum atomic E-state index is 12.5. The highest BCUT2D eigenvalue weighted by atomic mass is 79.9. The van der Waals surface area contributed by atoms with Gasteiger partial charge < -0.3 is 4.74 Å². The summed E-state index contributed by atoms with van der Waals surface area (Å²) < 4.78 is 5.86. The molecule has 6 nitrogen and oxygen atoms in total. The minimum atomic E-state index is -0.566. The molecule has 0 fully saturated rings. The lowest BCUT2D eigenvalue weighted by Gasteiger charge is -2.20. The number of carbonyl (C=O) groups excluding carboxylic acids is 2. The summed E-state index contributed by atoms with van der Waals surface area (Å²) in [6.45, 7) is 0.0512. The zero-order valence-corrected chi connectivity index (χ0v) is 20.7. The van der Waals surface area contributed by atoms with Crippen LogP contribution in [0.2, 0.25) is 5.02 Å². The number of ketones is 2. The summed E-state index contributed by atoms with van der Waals surface area (Å²) in [5, 5.41) is 12.4. The highest BCUT2D eigenvalue weighted by Gasteiger charge is 2.33. The number of halogens is 3. The van der Waals surface area contributed by atoms with Crippen molar-refractivity contribution in [3.63, 3.8) is 0 Å². The molecule has 0 spiro atoms. The lowest BCUT2D eigenvalue weighted by molar-refractivity contribution is -0.386. The largest absolute Gasteiger partial charge is 0.481 e. The van der Waals surface area contributed by atoms with Gasteiger partial charge in [-0.3, -0.25) is 19.7 Å². The van der Waals surface area contributed by atoms with Crippen molar-refractivity contribution in [1.82, 2.24) is 0 Å². The zero-order valence-electron chi connectivity index (χ0n) is 16.7. The van der Waals surface area contributed by atoms with E-state index in [1.165, 1.54) is 6.07 Å². The molecule has 0 amide bonds. The first-order chi connectivity index (χ1) is 15.4. The Labute approximate surface area is 206 Å². The van der Waals surface area contributed by atoms with E-state index in [-0.39, 0.29) is 56.4 Å². The number of nitro groups is 1. The second-order valence-electron chi connectivity index (χ2n) is 7.00. The highest BCUT2D eigenvalue weighted by Crippen LogP contribution is 2.46. The Morgan fingerprint density at radius 3 is 2.41 bits per heavy atom. The zero-order chi connectivity index (χ0) is 23.3. The number of hydrogen-bond acceptors (Lipinski definition) is 5. The van der Waals surface area contributed by atoms with E-state index in [1.54, 1.807) is 18.2 Å². The Morgan fingerprint density at radius 2 is 1.84 bits per heavy atom. The first-order valence-electron chi connectivity index (χ1n) is 9.61. The Morgan fingerprint density at radius 1 is 1.16 bits per heavy atom. The van der Waals surface area contributed by atoms with Crippen LogP contribution >= 0.6 is 43.5 Å². The van der Waals surface area contributed by atoms with Gasteiger partial charge in [0.05, 0.1) is 31.7 Å². The molecular weight excluding hydrogens is 566 g/mol. The van der Waals surface area contributed by atoms with E-state index in [1.807, 2.05) is 30.3 Å². The molecule has 1 aliphatic carbocycles.